The number of fused-ring (bicyclic) bond motifs is 4. The fourth-order valence-corrected chi connectivity index (χ4v) is 7.10. The molecule has 4 fully saturated rings. The van der Waals surface area contributed by atoms with Gasteiger partial charge >= 0.3 is 0 Å². The van der Waals surface area contributed by atoms with Gasteiger partial charge in [-0.3, -0.25) is 4.79 Å². The predicted octanol–water partition coefficient (Wildman–Crippen LogP) is 3.08. The van der Waals surface area contributed by atoms with Gasteiger partial charge in [-0.15, -0.1) is 0 Å². The highest BCUT2D eigenvalue weighted by Crippen LogP contribution is 2.73. The van der Waals surface area contributed by atoms with Crippen molar-refractivity contribution in [2.75, 3.05) is 6.61 Å². The molecule has 7 nitrogen and oxygen atoms in total. The van der Waals surface area contributed by atoms with Gasteiger partial charge in [-0.2, -0.15) is 0 Å². The van der Waals surface area contributed by atoms with Crippen LogP contribution in [-0.2, 0) is 4.74 Å². The van der Waals surface area contributed by atoms with Crippen molar-refractivity contribution < 1.29 is 29.2 Å². The van der Waals surface area contributed by atoms with Gasteiger partial charge in [-0.25, -0.2) is 0 Å². The van der Waals surface area contributed by atoms with E-state index in [0.717, 1.165) is 0 Å². The van der Waals surface area contributed by atoms with Gasteiger partial charge in [0.05, 0.1) is 18.3 Å². The molecule has 2 saturated heterocycles. The molecule has 7 heteroatoms. The molecule has 174 valence electrons. The summed E-state index contributed by atoms with van der Waals surface area (Å²) < 4.78 is 18.2. The molecule has 1 aromatic heterocycles. The Labute approximate surface area is 187 Å². The summed E-state index contributed by atoms with van der Waals surface area (Å²) in [4.78, 5) is 13.0. The molecule has 1 spiro atoms. The van der Waals surface area contributed by atoms with Crippen LogP contribution >= 0.6 is 0 Å². The number of hydrogen-bond donors (Lipinski definition) is 3. The third-order valence-corrected chi connectivity index (χ3v) is 9.02. The molecule has 3 aliphatic heterocycles. The quantitative estimate of drug-likeness (QED) is 0.602. The van der Waals surface area contributed by atoms with E-state index in [1.54, 1.807) is 12.2 Å². The zero-order chi connectivity index (χ0) is 23.2. The summed E-state index contributed by atoms with van der Waals surface area (Å²) in [7, 11) is 0. The van der Waals surface area contributed by atoms with Crippen molar-refractivity contribution >= 4 is 6.08 Å². The summed E-state index contributed by atoms with van der Waals surface area (Å²) in [6.07, 6.45) is 7.56. The van der Waals surface area contributed by atoms with Crippen LogP contribution in [0.15, 0.2) is 33.5 Å². The second-order valence-corrected chi connectivity index (χ2v) is 10.7. The molecule has 5 aliphatic rings. The van der Waals surface area contributed by atoms with Crippen LogP contribution in [-0.4, -0.2) is 38.9 Å². The Hall–Kier alpha value is -1.93. The largest absolute Gasteiger partial charge is 0.458 e. The van der Waals surface area contributed by atoms with Crippen LogP contribution < -0.4 is 10.2 Å². The number of ether oxygens (including phenoxy) is 2. The van der Waals surface area contributed by atoms with Gasteiger partial charge in [0.25, 0.3) is 5.95 Å². The van der Waals surface area contributed by atoms with E-state index in [9.17, 15) is 20.1 Å². The Morgan fingerprint density at radius 3 is 2.50 bits per heavy atom. The average Bonchev–Trinajstić information content (AvgIpc) is 2.71. The molecule has 0 unspecified atom stereocenters. The summed E-state index contributed by atoms with van der Waals surface area (Å²) in [5.74, 6) is -1.65. The fourth-order valence-electron chi connectivity index (χ4n) is 7.10. The van der Waals surface area contributed by atoms with Gasteiger partial charge in [0.15, 0.2) is 11.2 Å². The first-order valence-electron chi connectivity index (χ1n) is 11.4. The standard InChI is InChI=1S/C25H32O7/c1-5-6-7-8-15-13-16(26)17-18(27)19-22(4,32-20(17)31-15)9-11-24(28)21(2,3)25(29)12-10-23(19,24)14-30-25/h5-8,13,18-19,27-29H,9-12,14H2,1-4H3/b6-5+,8-7?/t18-,19-,22+,23-,24+,25-/m0/s1. The summed E-state index contributed by atoms with van der Waals surface area (Å²) >= 11 is 0. The molecule has 6 rings (SSSR count). The lowest BCUT2D eigenvalue weighted by Crippen LogP contribution is -2.82. The normalized spacial score (nSPS) is 44.2. The maximum Gasteiger partial charge on any atom is 0.295 e. The molecule has 2 aliphatic carbocycles. The first kappa shape index (κ1) is 21.9. The highest BCUT2D eigenvalue weighted by atomic mass is 16.6. The Bertz CT molecular complexity index is 1060. The van der Waals surface area contributed by atoms with Gasteiger partial charge in [-0.1, -0.05) is 32.1 Å². The lowest BCUT2D eigenvalue weighted by molar-refractivity contribution is -0.443. The number of allylic oxidation sites excluding steroid dienone is 3. The van der Waals surface area contributed by atoms with Crippen LogP contribution in [0.4, 0.5) is 0 Å². The number of aliphatic hydroxyl groups excluding tert-OH is 1. The third kappa shape index (κ3) is 2.43. The SMILES string of the molecule is C/C=C/C=Cc1cc(=O)c2c(o1)O[C@]1(C)CC[C@@]3(O)C(C)(C)[C@]4(O)CC[C@]3(CO4)[C@H]1[C@H]2O. The molecule has 0 amide bonds. The van der Waals surface area contributed by atoms with E-state index in [1.807, 2.05) is 39.8 Å². The maximum absolute atomic E-state index is 13.0. The molecule has 1 aromatic rings. The molecule has 4 heterocycles. The van der Waals surface area contributed by atoms with Crippen molar-refractivity contribution in [3.63, 3.8) is 0 Å². The Kier molecular flexibility index (Phi) is 4.49. The van der Waals surface area contributed by atoms with E-state index >= 15 is 0 Å². The van der Waals surface area contributed by atoms with Gasteiger partial charge in [0.2, 0.25) is 0 Å². The molecule has 2 saturated carbocycles. The Morgan fingerprint density at radius 1 is 1.09 bits per heavy atom. The van der Waals surface area contributed by atoms with E-state index in [0.29, 0.717) is 31.4 Å². The predicted molar refractivity (Wildman–Crippen MR) is 117 cm³/mol. The van der Waals surface area contributed by atoms with Crippen molar-refractivity contribution in [2.45, 2.75) is 76.5 Å². The van der Waals surface area contributed by atoms with Gasteiger partial charge in [-0.05, 0) is 39.2 Å². The van der Waals surface area contributed by atoms with Crippen LogP contribution in [0.5, 0.6) is 5.95 Å². The van der Waals surface area contributed by atoms with Crippen LogP contribution in [0.2, 0.25) is 0 Å². The number of hydrogen-bond acceptors (Lipinski definition) is 7. The van der Waals surface area contributed by atoms with E-state index < -0.39 is 39.8 Å². The van der Waals surface area contributed by atoms with E-state index in [-0.39, 0.29) is 23.5 Å². The first-order valence-corrected chi connectivity index (χ1v) is 11.4. The molecule has 2 bridgehead atoms. The topological polar surface area (TPSA) is 109 Å². The molecule has 32 heavy (non-hydrogen) atoms. The van der Waals surface area contributed by atoms with Crippen LogP contribution in [0, 0.1) is 16.7 Å². The number of aliphatic hydroxyl groups is 3. The smallest absolute Gasteiger partial charge is 0.295 e. The molecule has 0 radical (unpaired) electrons. The number of rotatable bonds is 2. The first-order chi connectivity index (χ1) is 14.9. The lowest BCUT2D eigenvalue weighted by Gasteiger charge is -2.74. The summed E-state index contributed by atoms with van der Waals surface area (Å²) in [6, 6.07) is 1.35. The van der Waals surface area contributed by atoms with Crippen LogP contribution in [0.25, 0.3) is 6.08 Å². The molecule has 6 atom stereocenters. The van der Waals surface area contributed by atoms with Crippen molar-refractivity contribution in [3.05, 3.63) is 45.8 Å². The van der Waals surface area contributed by atoms with Crippen molar-refractivity contribution in [2.24, 2.45) is 16.7 Å². The lowest BCUT2D eigenvalue weighted by atomic mass is 9.38. The van der Waals surface area contributed by atoms with Crippen molar-refractivity contribution in [1.29, 1.82) is 0 Å². The van der Waals surface area contributed by atoms with Crippen molar-refractivity contribution in [1.82, 2.24) is 0 Å². The minimum Gasteiger partial charge on any atom is -0.458 e. The zero-order valence-corrected chi connectivity index (χ0v) is 19.1. The summed E-state index contributed by atoms with van der Waals surface area (Å²) in [5.41, 5.74) is -4.27. The van der Waals surface area contributed by atoms with E-state index in [2.05, 4.69) is 0 Å². The van der Waals surface area contributed by atoms with Gasteiger partial charge < -0.3 is 29.2 Å². The monoisotopic (exact) mass is 444 g/mol. The zero-order valence-electron chi connectivity index (χ0n) is 19.1. The average molecular weight is 445 g/mol. The molecule has 0 aromatic carbocycles. The van der Waals surface area contributed by atoms with Crippen molar-refractivity contribution in [3.8, 4) is 5.95 Å². The second kappa shape index (κ2) is 6.56. The minimum absolute atomic E-state index is 0.0361. The maximum atomic E-state index is 13.0. The summed E-state index contributed by atoms with van der Waals surface area (Å²) in [5, 5.41) is 34.8. The summed E-state index contributed by atoms with van der Waals surface area (Å²) in [6.45, 7) is 7.53. The highest BCUT2D eigenvalue weighted by molar-refractivity contribution is 5.47. The fraction of sp³-hybridized carbons (Fsp3) is 0.640. The van der Waals surface area contributed by atoms with Gasteiger partial charge in [0, 0.05) is 29.2 Å². The van der Waals surface area contributed by atoms with E-state index in [1.165, 1.54) is 6.07 Å². The van der Waals surface area contributed by atoms with E-state index in [4.69, 9.17) is 13.9 Å². The molecular weight excluding hydrogens is 412 g/mol. The Balaban J connectivity index is 1.65. The Morgan fingerprint density at radius 2 is 1.84 bits per heavy atom. The highest BCUT2D eigenvalue weighted by Gasteiger charge is 2.79. The van der Waals surface area contributed by atoms with Gasteiger partial charge in [0.1, 0.15) is 16.9 Å². The third-order valence-electron chi connectivity index (χ3n) is 9.02. The minimum atomic E-state index is -1.43. The van der Waals surface area contributed by atoms with Crippen LogP contribution in [0.1, 0.15) is 70.8 Å². The molecular formula is C25H32O7. The van der Waals surface area contributed by atoms with Crippen LogP contribution in [0.3, 0.4) is 0 Å². The molecule has 3 N–H and O–H groups in total. The second-order valence-electron chi connectivity index (χ2n) is 10.7.